The Hall–Kier alpha value is -1.88. The molecule has 1 aliphatic rings. The molecule has 0 amide bonds. The third-order valence-corrected chi connectivity index (χ3v) is 4.39. The maximum atomic E-state index is 12.7. The molecule has 2 aromatic rings. The number of fused-ring (bicyclic) bond motifs is 1. The zero-order valence-corrected chi connectivity index (χ0v) is 13.1. The minimum absolute atomic E-state index is 0.0164. The molecule has 0 radical (unpaired) electrons. The Labute approximate surface area is 130 Å². The molecule has 1 saturated heterocycles. The van der Waals surface area contributed by atoms with Crippen LogP contribution >= 0.6 is 0 Å². The number of likely N-dealkylation sites (tertiary alicyclic amines) is 1. The minimum atomic E-state index is -0.0164. The number of hydrogen-bond donors (Lipinski definition) is 0. The van der Waals surface area contributed by atoms with Crippen molar-refractivity contribution in [1.29, 1.82) is 0 Å². The first-order chi connectivity index (χ1) is 10.8. The number of nitrogens with zero attached hydrogens (tertiary/aromatic N) is 3. The standard InChI is InChI=1S/C17H23N3O2/c1-22-15-8-6-7-14-16(15)17(21)20(13-18-14)12-11-19-9-4-2-3-5-10-19/h6-8,13H,2-5,9-12H2,1H3. The molecule has 2 heterocycles. The molecule has 1 aromatic carbocycles. The molecule has 5 nitrogen and oxygen atoms in total. The number of hydrogen-bond acceptors (Lipinski definition) is 4. The molecular weight excluding hydrogens is 278 g/mol. The summed E-state index contributed by atoms with van der Waals surface area (Å²) in [6.07, 6.45) is 6.83. The summed E-state index contributed by atoms with van der Waals surface area (Å²) in [6.45, 7) is 3.86. The predicted octanol–water partition coefficient (Wildman–Crippen LogP) is 2.28. The third-order valence-electron chi connectivity index (χ3n) is 4.39. The molecular formula is C17H23N3O2. The lowest BCUT2D eigenvalue weighted by Gasteiger charge is -2.20. The average molecular weight is 301 g/mol. The van der Waals surface area contributed by atoms with Crippen molar-refractivity contribution in [2.45, 2.75) is 32.2 Å². The van der Waals surface area contributed by atoms with Gasteiger partial charge in [-0.05, 0) is 38.1 Å². The van der Waals surface area contributed by atoms with E-state index in [1.54, 1.807) is 18.0 Å². The SMILES string of the molecule is COc1cccc2ncn(CCN3CCCCCC3)c(=O)c12. The van der Waals surface area contributed by atoms with E-state index in [0.717, 1.165) is 19.6 Å². The van der Waals surface area contributed by atoms with Crippen molar-refractivity contribution in [2.75, 3.05) is 26.7 Å². The Morgan fingerprint density at radius 3 is 2.64 bits per heavy atom. The van der Waals surface area contributed by atoms with E-state index in [0.29, 0.717) is 23.2 Å². The van der Waals surface area contributed by atoms with Gasteiger partial charge in [0.05, 0.1) is 19.0 Å². The van der Waals surface area contributed by atoms with E-state index < -0.39 is 0 Å². The second-order valence-electron chi connectivity index (χ2n) is 5.85. The summed E-state index contributed by atoms with van der Waals surface area (Å²) in [5.74, 6) is 0.596. The first-order valence-corrected chi connectivity index (χ1v) is 8.04. The van der Waals surface area contributed by atoms with Gasteiger partial charge in [0.1, 0.15) is 11.1 Å². The Morgan fingerprint density at radius 1 is 1.14 bits per heavy atom. The second-order valence-corrected chi connectivity index (χ2v) is 5.85. The molecule has 0 aliphatic carbocycles. The zero-order chi connectivity index (χ0) is 15.4. The van der Waals surface area contributed by atoms with Crippen molar-refractivity contribution < 1.29 is 4.74 Å². The fourth-order valence-corrected chi connectivity index (χ4v) is 3.11. The van der Waals surface area contributed by atoms with Crippen LogP contribution in [0.2, 0.25) is 0 Å². The molecule has 22 heavy (non-hydrogen) atoms. The first-order valence-electron chi connectivity index (χ1n) is 8.04. The molecule has 1 fully saturated rings. The van der Waals surface area contributed by atoms with Crippen LogP contribution in [0, 0.1) is 0 Å². The topological polar surface area (TPSA) is 47.4 Å². The van der Waals surface area contributed by atoms with Crippen LogP contribution in [-0.4, -0.2) is 41.2 Å². The van der Waals surface area contributed by atoms with Crippen LogP contribution in [0.1, 0.15) is 25.7 Å². The molecule has 118 valence electrons. The molecule has 3 rings (SSSR count). The fraction of sp³-hybridized carbons (Fsp3) is 0.529. The summed E-state index contributed by atoms with van der Waals surface area (Å²) >= 11 is 0. The van der Waals surface area contributed by atoms with E-state index in [2.05, 4.69) is 9.88 Å². The molecule has 0 atom stereocenters. The van der Waals surface area contributed by atoms with Crippen LogP contribution in [0.4, 0.5) is 0 Å². The highest BCUT2D eigenvalue weighted by Crippen LogP contribution is 2.19. The van der Waals surface area contributed by atoms with E-state index in [9.17, 15) is 4.79 Å². The number of ether oxygens (including phenoxy) is 1. The van der Waals surface area contributed by atoms with Gasteiger partial charge in [-0.25, -0.2) is 4.98 Å². The van der Waals surface area contributed by atoms with Gasteiger partial charge in [-0.15, -0.1) is 0 Å². The van der Waals surface area contributed by atoms with E-state index in [1.807, 2.05) is 18.2 Å². The summed E-state index contributed by atoms with van der Waals surface area (Å²) in [5.41, 5.74) is 0.674. The van der Waals surface area contributed by atoms with Crippen molar-refractivity contribution in [3.05, 3.63) is 34.9 Å². The number of methoxy groups -OCH3 is 1. The van der Waals surface area contributed by atoms with Gasteiger partial charge in [0.25, 0.3) is 5.56 Å². The Kier molecular flexibility index (Phi) is 4.73. The average Bonchev–Trinajstić information content (AvgIpc) is 2.82. The van der Waals surface area contributed by atoms with Crippen molar-refractivity contribution in [3.8, 4) is 5.75 Å². The monoisotopic (exact) mass is 301 g/mol. The molecule has 1 aromatic heterocycles. The van der Waals surface area contributed by atoms with E-state index >= 15 is 0 Å². The highest BCUT2D eigenvalue weighted by atomic mass is 16.5. The van der Waals surface area contributed by atoms with Crippen molar-refractivity contribution in [2.24, 2.45) is 0 Å². The van der Waals surface area contributed by atoms with Crippen LogP contribution in [-0.2, 0) is 6.54 Å². The van der Waals surface area contributed by atoms with Crippen molar-refractivity contribution in [3.63, 3.8) is 0 Å². The van der Waals surface area contributed by atoms with Gasteiger partial charge in [-0.2, -0.15) is 0 Å². The summed E-state index contributed by atoms with van der Waals surface area (Å²) in [6, 6.07) is 5.51. The van der Waals surface area contributed by atoms with Gasteiger partial charge in [-0.3, -0.25) is 9.36 Å². The largest absolute Gasteiger partial charge is 0.496 e. The second kappa shape index (κ2) is 6.92. The molecule has 1 aliphatic heterocycles. The first kappa shape index (κ1) is 15.0. The molecule has 5 heteroatoms. The lowest BCUT2D eigenvalue weighted by Crippen LogP contribution is -2.32. The normalized spacial score (nSPS) is 16.6. The highest BCUT2D eigenvalue weighted by molar-refractivity contribution is 5.83. The van der Waals surface area contributed by atoms with Gasteiger partial charge in [0.15, 0.2) is 0 Å². The zero-order valence-electron chi connectivity index (χ0n) is 13.1. The van der Waals surface area contributed by atoms with Crippen molar-refractivity contribution in [1.82, 2.24) is 14.5 Å². The summed E-state index contributed by atoms with van der Waals surface area (Å²) in [5, 5.41) is 0.573. The van der Waals surface area contributed by atoms with Gasteiger partial charge in [0.2, 0.25) is 0 Å². The molecule has 0 spiro atoms. The Morgan fingerprint density at radius 2 is 1.91 bits per heavy atom. The molecule has 0 unspecified atom stereocenters. The fourth-order valence-electron chi connectivity index (χ4n) is 3.11. The van der Waals surface area contributed by atoms with Crippen LogP contribution < -0.4 is 10.3 Å². The quantitative estimate of drug-likeness (QED) is 0.869. The lowest BCUT2D eigenvalue weighted by molar-refractivity contribution is 0.272. The minimum Gasteiger partial charge on any atom is -0.496 e. The molecule has 0 bridgehead atoms. The van der Waals surface area contributed by atoms with Gasteiger partial charge in [0, 0.05) is 13.1 Å². The Balaban J connectivity index is 1.82. The molecule has 0 saturated carbocycles. The van der Waals surface area contributed by atoms with Crippen LogP contribution in [0.15, 0.2) is 29.3 Å². The summed E-state index contributed by atoms with van der Waals surface area (Å²) in [7, 11) is 1.59. The van der Waals surface area contributed by atoms with E-state index in [4.69, 9.17) is 4.74 Å². The maximum Gasteiger partial charge on any atom is 0.265 e. The van der Waals surface area contributed by atoms with Crippen LogP contribution in [0.5, 0.6) is 5.75 Å². The predicted molar refractivity (Wildman–Crippen MR) is 87.5 cm³/mol. The maximum absolute atomic E-state index is 12.7. The van der Waals surface area contributed by atoms with Crippen LogP contribution in [0.3, 0.4) is 0 Å². The van der Waals surface area contributed by atoms with Crippen molar-refractivity contribution >= 4 is 10.9 Å². The number of benzene rings is 1. The van der Waals surface area contributed by atoms with Crippen LogP contribution in [0.25, 0.3) is 10.9 Å². The van der Waals surface area contributed by atoms with Gasteiger partial charge < -0.3 is 9.64 Å². The summed E-state index contributed by atoms with van der Waals surface area (Å²) < 4.78 is 7.01. The lowest BCUT2D eigenvalue weighted by atomic mass is 10.2. The Bertz CT molecular complexity index is 688. The molecule has 0 N–H and O–H groups in total. The van der Waals surface area contributed by atoms with Gasteiger partial charge >= 0.3 is 0 Å². The smallest absolute Gasteiger partial charge is 0.265 e. The number of rotatable bonds is 4. The third kappa shape index (κ3) is 3.14. The summed E-state index contributed by atoms with van der Waals surface area (Å²) in [4.78, 5) is 19.5. The van der Waals surface area contributed by atoms with E-state index in [-0.39, 0.29) is 5.56 Å². The van der Waals surface area contributed by atoms with E-state index in [1.165, 1.54) is 25.7 Å². The number of aromatic nitrogens is 2. The highest BCUT2D eigenvalue weighted by Gasteiger charge is 2.12. The van der Waals surface area contributed by atoms with Gasteiger partial charge in [-0.1, -0.05) is 18.9 Å².